The molecule has 0 amide bonds. The molecule has 4 nitrogen and oxygen atoms in total. The van der Waals surface area contributed by atoms with Gasteiger partial charge in [0.2, 0.25) is 0 Å². The summed E-state index contributed by atoms with van der Waals surface area (Å²) in [5.41, 5.74) is 0.293. The van der Waals surface area contributed by atoms with E-state index in [2.05, 4.69) is 5.32 Å². The van der Waals surface area contributed by atoms with Gasteiger partial charge < -0.3 is 10.1 Å². The minimum Gasteiger partial charge on any atom is -0.494 e. The summed E-state index contributed by atoms with van der Waals surface area (Å²) >= 11 is 0. The fourth-order valence-electron chi connectivity index (χ4n) is 2.06. The first kappa shape index (κ1) is 16.9. The second kappa shape index (κ2) is 6.10. The highest BCUT2D eigenvalue weighted by molar-refractivity contribution is 7.92. The zero-order valence-corrected chi connectivity index (χ0v) is 13.3. The van der Waals surface area contributed by atoms with E-state index in [9.17, 15) is 12.8 Å². The van der Waals surface area contributed by atoms with Crippen molar-refractivity contribution in [1.29, 1.82) is 0 Å². The maximum absolute atomic E-state index is 14.4. The zero-order chi connectivity index (χ0) is 15.6. The molecule has 1 aromatic rings. The van der Waals surface area contributed by atoms with Gasteiger partial charge in [0.1, 0.15) is 0 Å². The highest BCUT2D eigenvalue weighted by Crippen LogP contribution is 2.35. The van der Waals surface area contributed by atoms with Crippen LogP contribution in [0, 0.1) is 5.82 Å². The van der Waals surface area contributed by atoms with E-state index in [-0.39, 0.29) is 5.75 Å². The normalized spacial score (nSPS) is 14.1. The van der Waals surface area contributed by atoms with Crippen molar-refractivity contribution in [2.24, 2.45) is 0 Å². The summed E-state index contributed by atoms with van der Waals surface area (Å²) in [5.74, 6) is -0.424. The van der Waals surface area contributed by atoms with Crippen LogP contribution >= 0.6 is 0 Å². The SMILES string of the molecule is CCNC(c1cccc(OC)c1F)C(C)(C)S(C)(=O)=O. The topological polar surface area (TPSA) is 55.4 Å². The lowest BCUT2D eigenvalue weighted by Crippen LogP contribution is -2.45. The lowest BCUT2D eigenvalue weighted by atomic mass is 9.94. The molecule has 0 bridgehead atoms. The van der Waals surface area contributed by atoms with Crippen LogP contribution in [0.5, 0.6) is 5.75 Å². The zero-order valence-electron chi connectivity index (χ0n) is 12.5. The van der Waals surface area contributed by atoms with Crippen LogP contribution in [0.4, 0.5) is 4.39 Å². The summed E-state index contributed by atoms with van der Waals surface area (Å²) in [4.78, 5) is 0. The molecule has 1 aromatic carbocycles. The molecule has 114 valence electrons. The molecule has 1 rings (SSSR count). The molecule has 0 aliphatic heterocycles. The van der Waals surface area contributed by atoms with E-state index in [1.165, 1.54) is 13.2 Å². The van der Waals surface area contributed by atoms with Crippen molar-refractivity contribution < 1.29 is 17.5 Å². The second-order valence-electron chi connectivity index (χ2n) is 5.23. The fraction of sp³-hybridized carbons (Fsp3) is 0.571. The smallest absolute Gasteiger partial charge is 0.169 e. The largest absolute Gasteiger partial charge is 0.494 e. The van der Waals surface area contributed by atoms with Gasteiger partial charge in [0, 0.05) is 11.8 Å². The Morgan fingerprint density at radius 2 is 2.00 bits per heavy atom. The summed E-state index contributed by atoms with van der Waals surface area (Å²) in [6.07, 6.45) is 1.16. The maximum Gasteiger partial charge on any atom is 0.169 e. The third kappa shape index (κ3) is 3.12. The average Bonchev–Trinajstić information content (AvgIpc) is 2.35. The number of nitrogens with one attached hydrogen (secondary N) is 1. The molecule has 0 saturated heterocycles. The molecule has 0 aromatic heterocycles. The highest BCUT2D eigenvalue weighted by Gasteiger charge is 2.41. The van der Waals surface area contributed by atoms with Gasteiger partial charge in [-0.1, -0.05) is 19.1 Å². The number of rotatable bonds is 6. The number of hydrogen-bond acceptors (Lipinski definition) is 4. The van der Waals surface area contributed by atoms with Crippen molar-refractivity contribution in [3.63, 3.8) is 0 Å². The number of sulfone groups is 1. The quantitative estimate of drug-likeness (QED) is 0.876. The van der Waals surface area contributed by atoms with Crippen molar-refractivity contribution in [1.82, 2.24) is 5.32 Å². The first-order valence-corrected chi connectivity index (χ1v) is 8.31. The molecule has 0 heterocycles. The predicted octanol–water partition coefficient (Wildman–Crippen LogP) is 2.31. The molecule has 1 unspecified atom stereocenters. The summed E-state index contributed by atoms with van der Waals surface area (Å²) in [6.45, 7) is 5.56. The Labute approximate surface area is 120 Å². The van der Waals surface area contributed by atoms with E-state index in [1.807, 2.05) is 6.92 Å². The Bertz CT molecular complexity index is 570. The third-order valence-electron chi connectivity index (χ3n) is 3.58. The van der Waals surface area contributed by atoms with Crippen LogP contribution in [0.25, 0.3) is 0 Å². The van der Waals surface area contributed by atoms with E-state index < -0.39 is 26.4 Å². The molecule has 0 spiro atoms. The van der Waals surface area contributed by atoms with Crippen molar-refractivity contribution in [2.45, 2.75) is 31.6 Å². The molecule has 6 heteroatoms. The average molecular weight is 303 g/mol. The summed E-state index contributed by atoms with van der Waals surface area (Å²) in [6, 6.07) is 4.09. The molecule has 0 aliphatic carbocycles. The van der Waals surface area contributed by atoms with Crippen LogP contribution in [-0.2, 0) is 9.84 Å². The second-order valence-corrected chi connectivity index (χ2v) is 7.83. The maximum atomic E-state index is 14.4. The van der Waals surface area contributed by atoms with Crippen LogP contribution in [-0.4, -0.2) is 33.1 Å². The number of halogens is 1. The predicted molar refractivity (Wildman–Crippen MR) is 78.3 cm³/mol. The molecule has 1 atom stereocenters. The Balaban J connectivity index is 3.43. The summed E-state index contributed by atoms with van der Waals surface area (Å²) < 4.78 is 42.3. The van der Waals surface area contributed by atoms with Crippen molar-refractivity contribution in [2.75, 3.05) is 19.9 Å². The van der Waals surface area contributed by atoms with Gasteiger partial charge in [-0.05, 0) is 26.5 Å². The van der Waals surface area contributed by atoms with Gasteiger partial charge in [-0.25, -0.2) is 12.8 Å². The van der Waals surface area contributed by atoms with Crippen LogP contribution in [0.3, 0.4) is 0 Å². The van der Waals surface area contributed by atoms with E-state index >= 15 is 0 Å². The van der Waals surface area contributed by atoms with Crippen molar-refractivity contribution in [3.8, 4) is 5.75 Å². The van der Waals surface area contributed by atoms with Gasteiger partial charge >= 0.3 is 0 Å². The molecule has 0 radical (unpaired) electrons. The van der Waals surface area contributed by atoms with Gasteiger partial charge in [-0.2, -0.15) is 0 Å². The highest BCUT2D eigenvalue weighted by atomic mass is 32.2. The Hall–Kier alpha value is -1.14. The van der Waals surface area contributed by atoms with Crippen LogP contribution in [0.1, 0.15) is 32.4 Å². The first-order chi connectivity index (χ1) is 9.16. The van der Waals surface area contributed by atoms with E-state index in [4.69, 9.17) is 4.74 Å². The van der Waals surface area contributed by atoms with Gasteiger partial charge in [-0.15, -0.1) is 0 Å². The number of benzene rings is 1. The molecule has 0 saturated carbocycles. The molecule has 0 aliphatic rings. The number of hydrogen-bond donors (Lipinski definition) is 1. The first-order valence-electron chi connectivity index (χ1n) is 6.42. The van der Waals surface area contributed by atoms with Crippen LogP contribution in [0.2, 0.25) is 0 Å². The van der Waals surface area contributed by atoms with E-state index in [1.54, 1.807) is 26.0 Å². The molecule has 20 heavy (non-hydrogen) atoms. The minimum atomic E-state index is -3.38. The monoisotopic (exact) mass is 303 g/mol. The minimum absolute atomic E-state index is 0.106. The number of methoxy groups -OCH3 is 1. The molecular formula is C14H22FNO3S. The standard InChI is InChI=1S/C14H22FNO3S/c1-6-16-13(14(2,3)20(5,17)18)10-8-7-9-11(19-4)12(10)15/h7-9,13,16H,6H2,1-5H3. The molecular weight excluding hydrogens is 281 g/mol. The van der Waals surface area contributed by atoms with Gasteiger partial charge in [-0.3, -0.25) is 0 Å². The lowest BCUT2D eigenvalue weighted by molar-refractivity contribution is 0.369. The van der Waals surface area contributed by atoms with E-state index in [0.717, 1.165) is 6.26 Å². The fourth-order valence-corrected chi connectivity index (χ4v) is 2.70. The molecule has 0 fully saturated rings. The van der Waals surface area contributed by atoms with Gasteiger partial charge in [0.25, 0.3) is 0 Å². The third-order valence-corrected chi connectivity index (χ3v) is 5.73. The van der Waals surface area contributed by atoms with Crippen LogP contribution in [0.15, 0.2) is 18.2 Å². The Kier molecular flexibility index (Phi) is 5.15. The Morgan fingerprint density at radius 1 is 1.40 bits per heavy atom. The number of ether oxygens (including phenoxy) is 1. The van der Waals surface area contributed by atoms with Gasteiger partial charge in [0.15, 0.2) is 21.4 Å². The van der Waals surface area contributed by atoms with Gasteiger partial charge in [0.05, 0.1) is 17.9 Å². The summed E-state index contributed by atoms with van der Waals surface area (Å²) in [7, 11) is -2.00. The van der Waals surface area contributed by atoms with Crippen molar-refractivity contribution in [3.05, 3.63) is 29.6 Å². The van der Waals surface area contributed by atoms with Crippen LogP contribution < -0.4 is 10.1 Å². The molecule has 1 N–H and O–H groups in total. The Morgan fingerprint density at radius 3 is 2.45 bits per heavy atom. The summed E-state index contributed by atoms with van der Waals surface area (Å²) in [5, 5.41) is 3.06. The lowest BCUT2D eigenvalue weighted by Gasteiger charge is -2.34. The van der Waals surface area contributed by atoms with E-state index in [0.29, 0.717) is 12.1 Å². The van der Waals surface area contributed by atoms with Crippen molar-refractivity contribution >= 4 is 9.84 Å².